The van der Waals surface area contributed by atoms with Crippen LogP contribution >= 0.6 is 7.82 Å². The van der Waals surface area contributed by atoms with Crippen LogP contribution in [-0.2, 0) is 27.9 Å². The lowest BCUT2D eigenvalue weighted by molar-refractivity contribution is -0.220. The molecule has 0 aromatic heterocycles. The van der Waals surface area contributed by atoms with Gasteiger partial charge in [-0.1, -0.05) is 115 Å². The zero-order chi connectivity index (χ0) is 36.3. The van der Waals surface area contributed by atoms with Crippen LogP contribution in [0.3, 0.4) is 0 Å². The molecule has 0 radical (unpaired) electrons. The van der Waals surface area contributed by atoms with Gasteiger partial charge < -0.3 is 39.9 Å². The number of phosphoric acid groups is 1. The first-order valence-electron chi connectivity index (χ1n) is 18.7. The number of allylic oxidation sites excluding steroid dienone is 4. The second-order valence-corrected chi connectivity index (χ2v) is 14.5. The Morgan fingerprint density at radius 3 is 1.78 bits per heavy atom. The number of phosphoric ester groups is 1. The van der Waals surface area contributed by atoms with Gasteiger partial charge in [-0.2, -0.15) is 0 Å². The summed E-state index contributed by atoms with van der Waals surface area (Å²) in [6, 6.07) is 0. The average Bonchev–Trinajstić information content (AvgIpc) is 3.08. The summed E-state index contributed by atoms with van der Waals surface area (Å²) in [7, 11) is -5.00. The van der Waals surface area contributed by atoms with E-state index in [0.29, 0.717) is 13.0 Å². The molecular weight excluding hydrogens is 655 g/mol. The van der Waals surface area contributed by atoms with E-state index < -0.39 is 63.1 Å². The topological polar surface area (TPSA) is 192 Å². The maximum absolute atomic E-state index is 12.7. The van der Waals surface area contributed by atoms with Crippen LogP contribution in [0, 0.1) is 0 Å². The molecule has 0 bridgehead atoms. The second-order valence-electron chi connectivity index (χ2n) is 13.1. The third kappa shape index (κ3) is 21.7. The van der Waals surface area contributed by atoms with Gasteiger partial charge in [0.1, 0.15) is 42.7 Å². The molecule has 0 amide bonds. The van der Waals surface area contributed by atoms with E-state index in [0.717, 1.165) is 70.6 Å². The number of unbranched alkanes of at least 4 members (excludes halogenated alkanes) is 14. The molecule has 13 heteroatoms. The standard InChI is InChI=1S/C36H67O12P/c1-3-5-7-9-11-12-13-14-15-16-17-18-20-22-24-26-45-27-29(47-30(37)25-23-21-19-10-8-6-4-2)28-46-49(43,44)48-36-34(41)32(39)31(38)33(40)35(36)42/h9,11,13-14,29,31-36,38-42H,3-8,10,12,15-28H2,1-2H3,(H,43,44)/b11-9-,14-13-. The minimum atomic E-state index is -5.00. The second kappa shape index (κ2) is 28.4. The third-order valence-corrected chi connectivity index (χ3v) is 9.56. The Morgan fingerprint density at radius 2 is 1.16 bits per heavy atom. The first kappa shape index (κ1) is 45.8. The first-order valence-corrected chi connectivity index (χ1v) is 20.2. The predicted molar refractivity (Wildman–Crippen MR) is 189 cm³/mol. The Hall–Kier alpha value is -1.18. The summed E-state index contributed by atoms with van der Waals surface area (Å²) in [5.74, 6) is -0.490. The van der Waals surface area contributed by atoms with Crippen LogP contribution in [0.15, 0.2) is 24.3 Å². The number of aliphatic hydroxyl groups excluding tert-OH is 5. The Kier molecular flexibility index (Phi) is 26.6. The highest BCUT2D eigenvalue weighted by Crippen LogP contribution is 2.47. The summed E-state index contributed by atoms with van der Waals surface area (Å²) in [6.07, 6.45) is 15.7. The molecule has 12 nitrogen and oxygen atoms in total. The highest BCUT2D eigenvalue weighted by molar-refractivity contribution is 7.47. The minimum Gasteiger partial charge on any atom is -0.457 e. The molecule has 0 saturated heterocycles. The fraction of sp³-hybridized carbons (Fsp3) is 0.861. The van der Waals surface area contributed by atoms with Gasteiger partial charge in [-0.05, 0) is 38.5 Å². The van der Waals surface area contributed by atoms with Crippen molar-refractivity contribution in [2.45, 2.75) is 179 Å². The number of carbonyl (C=O) groups excluding carboxylic acids is 1. The molecule has 1 aliphatic rings. The van der Waals surface area contributed by atoms with Crippen LogP contribution in [0.5, 0.6) is 0 Å². The van der Waals surface area contributed by atoms with Gasteiger partial charge in [0.15, 0.2) is 0 Å². The normalized spacial score (nSPS) is 24.8. The number of rotatable bonds is 30. The van der Waals surface area contributed by atoms with E-state index in [1.54, 1.807) is 0 Å². The summed E-state index contributed by atoms with van der Waals surface area (Å²) in [5.41, 5.74) is 0. The highest BCUT2D eigenvalue weighted by Gasteiger charge is 2.51. The summed E-state index contributed by atoms with van der Waals surface area (Å²) in [5, 5.41) is 49.8. The van der Waals surface area contributed by atoms with E-state index >= 15 is 0 Å². The molecule has 0 aromatic carbocycles. The van der Waals surface area contributed by atoms with Crippen molar-refractivity contribution in [2.75, 3.05) is 19.8 Å². The van der Waals surface area contributed by atoms with Gasteiger partial charge in [0.05, 0.1) is 13.2 Å². The summed E-state index contributed by atoms with van der Waals surface area (Å²) < 4.78 is 33.8. The molecule has 6 unspecified atom stereocenters. The van der Waals surface area contributed by atoms with Crippen LogP contribution in [0.2, 0.25) is 0 Å². The molecule has 49 heavy (non-hydrogen) atoms. The highest BCUT2D eigenvalue weighted by atomic mass is 31.2. The largest absolute Gasteiger partial charge is 0.472 e. The zero-order valence-corrected chi connectivity index (χ0v) is 30.9. The maximum atomic E-state index is 12.7. The van der Waals surface area contributed by atoms with Crippen LogP contribution in [0.1, 0.15) is 136 Å². The van der Waals surface area contributed by atoms with Gasteiger partial charge in [-0.3, -0.25) is 13.8 Å². The van der Waals surface area contributed by atoms with Crippen LogP contribution < -0.4 is 0 Å². The molecule has 1 aliphatic carbocycles. The van der Waals surface area contributed by atoms with Crippen molar-refractivity contribution in [1.29, 1.82) is 0 Å². The van der Waals surface area contributed by atoms with Gasteiger partial charge in [-0.25, -0.2) is 4.57 Å². The SMILES string of the molecule is CCCC/C=C\C/C=C\CCCCCCCCOCC(COP(=O)(O)OC1C(O)C(O)C(O)C(O)C1O)OC(=O)CCCCCCCCC. The summed E-state index contributed by atoms with van der Waals surface area (Å²) >= 11 is 0. The number of aliphatic hydroxyl groups is 5. The van der Waals surface area contributed by atoms with E-state index in [2.05, 4.69) is 38.2 Å². The fourth-order valence-electron chi connectivity index (χ4n) is 5.49. The molecule has 0 spiro atoms. The Bertz CT molecular complexity index is 916. The van der Waals surface area contributed by atoms with E-state index in [-0.39, 0.29) is 13.0 Å². The molecule has 1 fully saturated rings. The third-order valence-electron chi connectivity index (χ3n) is 8.58. The van der Waals surface area contributed by atoms with Gasteiger partial charge in [0, 0.05) is 13.0 Å². The molecule has 6 atom stereocenters. The van der Waals surface area contributed by atoms with Crippen molar-refractivity contribution in [1.82, 2.24) is 0 Å². The van der Waals surface area contributed by atoms with E-state index in [9.17, 15) is 39.8 Å². The van der Waals surface area contributed by atoms with Crippen LogP contribution in [0.25, 0.3) is 0 Å². The van der Waals surface area contributed by atoms with Crippen molar-refractivity contribution in [3.63, 3.8) is 0 Å². The molecular formula is C36H67O12P. The quantitative estimate of drug-likeness (QED) is 0.0226. The number of carbonyl (C=O) groups is 1. The van der Waals surface area contributed by atoms with Gasteiger partial charge >= 0.3 is 13.8 Å². The van der Waals surface area contributed by atoms with E-state index in [1.165, 1.54) is 38.5 Å². The smallest absolute Gasteiger partial charge is 0.457 e. The number of hydrogen-bond acceptors (Lipinski definition) is 11. The van der Waals surface area contributed by atoms with E-state index in [4.69, 9.17) is 18.5 Å². The summed E-state index contributed by atoms with van der Waals surface area (Å²) in [4.78, 5) is 22.8. The average molecular weight is 723 g/mol. The van der Waals surface area contributed by atoms with Crippen molar-refractivity contribution in [3.05, 3.63) is 24.3 Å². The molecule has 0 aromatic rings. The number of esters is 1. The van der Waals surface area contributed by atoms with Crippen molar-refractivity contribution in [3.8, 4) is 0 Å². The molecule has 6 N–H and O–H groups in total. The van der Waals surface area contributed by atoms with Crippen LogP contribution in [0.4, 0.5) is 0 Å². The van der Waals surface area contributed by atoms with E-state index in [1.807, 2.05) is 0 Å². The minimum absolute atomic E-state index is 0.0822. The zero-order valence-electron chi connectivity index (χ0n) is 30.0. The van der Waals surface area contributed by atoms with Crippen molar-refractivity contribution >= 4 is 13.8 Å². The summed E-state index contributed by atoms with van der Waals surface area (Å²) in [6.45, 7) is 4.10. The molecule has 0 aliphatic heterocycles. The van der Waals surface area contributed by atoms with Crippen molar-refractivity contribution < 1.29 is 58.3 Å². The first-order chi connectivity index (χ1) is 23.5. The Labute approximate surface area is 294 Å². The van der Waals surface area contributed by atoms with Gasteiger partial charge in [0.25, 0.3) is 0 Å². The molecule has 288 valence electrons. The maximum Gasteiger partial charge on any atom is 0.472 e. The number of hydrogen-bond donors (Lipinski definition) is 6. The molecule has 0 heterocycles. The lowest BCUT2D eigenvalue weighted by Gasteiger charge is -2.41. The monoisotopic (exact) mass is 722 g/mol. The van der Waals surface area contributed by atoms with Gasteiger partial charge in [0.2, 0.25) is 0 Å². The van der Waals surface area contributed by atoms with Gasteiger partial charge in [-0.15, -0.1) is 0 Å². The number of ether oxygens (including phenoxy) is 2. The Morgan fingerprint density at radius 1 is 0.653 bits per heavy atom. The lowest BCUT2D eigenvalue weighted by Crippen LogP contribution is -2.64. The lowest BCUT2D eigenvalue weighted by atomic mass is 9.85. The van der Waals surface area contributed by atoms with Crippen molar-refractivity contribution in [2.24, 2.45) is 0 Å². The molecule has 1 saturated carbocycles. The molecule has 1 rings (SSSR count). The van der Waals surface area contributed by atoms with Crippen LogP contribution in [-0.4, -0.2) is 98.9 Å². The predicted octanol–water partition coefficient (Wildman–Crippen LogP) is 5.80. The Balaban J connectivity index is 2.45. The fourth-order valence-corrected chi connectivity index (χ4v) is 6.46.